The molecule has 2 heterocycles. The van der Waals surface area contributed by atoms with Crippen LogP contribution in [-0.2, 0) is 4.79 Å². The lowest BCUT2D eigenvalue weighted by atomic mass is 9.93. The van der Waals surface area contributed by atoms with Crippen molar-refractivity contribution in [3.8, 4) is 5.75 Å². The van der Waals surface area contributed by atoms with Gasteiger partial charge in [-0.25, -0.2) is 0 Å². The number of aromatic nitrogens is 1. The monoisotopic (exact) mass is 362 g/mol. The normalized spacial score (nSPS) is 18.5. The van der Waals surface area contributed by atoms with Crippen molar-refractivity contribution in [1.82, 2.24) is 9.88 Å². The number of ether oxygens (including phenoxy) is 1. The Morgan fingerprint density at radius 2 is 2.07 bits per heavy atom. The maximum atomic E-state index is 11.9. The van der Waals surface area contributed by atoms with Crippen LogP contribution in [0.5, 0.6) is 5.75 Å². The molecule has 1 aliphatic rings. The van der Waals surface area contributed by atoms with Crippen LogP contribution in [0.3, 0.4) is 0 Å². The van der Waals surface area contributed by atoms with Gasteiger partial charge in [0, 0.05) is 18.1 Å². The third-order valence-electron chi connectivity index (χ3n) is 5.30. The number of hydrogen-bond acceptors (Lipinski definition) is 4. The van der Waals surface area contributed by atoms with Crippen molar-refractivity contribution in [1.29, 1.82) is 0 Å². The first kappa shape index (κ1) is 17.5. The maximum Gasteiger partial charge on any atom is 0.320 e. The average molecular weight is 362 g/mol. The van der Waals surface area contributed by atoms with E-state index in [-0.39, 0.29) is 6.04 Å². The molecule has 138 valence electrons. The van der Waals surface area contributed by atoms with E-state index in [9.17, 15) is 9.90 Å². The summed E-state index contributed by atoms with van der Waals surface area (Å²) in [6, 6.07) is 17.2. The Bertz CT molecular complexity index is 967. The van der Waals surface area contributed by atoms with Crippen LogP contribution in [0, 0.1) is 0 Å². The van der Waals surface area contributed by atoms with Crippen molar-refractivity contribution in [2.24, 2.45) is 0 Å². The maximum absolute atomic E-state index is 11.9. The van der Waals surface area contributed by atoms with E-state index in [1.165, 1.54) is 0 Å². The Morgan fingerprint density at radius 3 is 2.89 bits per heavy atom. The second-order valence-electron chi connectivity index (χ2n) is 6.83. The molecule has 1 aromatic heterocycles. The third-order valence-corrected chi connectivity index (χ3v) is 5.30. The number of methoxy groups -OCH3 is 1. The number of nitrogens with zero attached hydrogens (tertiary/aromatic N) is 2. The second-order valence-corrected chi connectivity index (χ2v) is 6.83. The largest absolute Gasteiger partial charge is 0.497 e. The molecule has 0 saturated carbocycles. The Balaban J connectivity index is 1.91. The van der Waals surface area contributed by atoms with E-state index in [1.54, 1.807) is 13.3 Å². The summed E-state index contributed by atoms with van der Waals surface area (Å²) in [6.07, 6.45) is 3.34. The van der Waals surface area contributed by atoms with Crippen LogP contribution in [0.1, 0.15) is 30.0 Å². The highest BCUT2D eigenvalue weighted by Gasteiger charge is 2.37. The fourth-order valence-electron chi connectivity index (χ4n) is 4.08. The van der Waals surface area contributed by atoms with Gasteiger partial charge in [-0.05, 0) is 48.2 Å². The lowest BCUT2D eigenvalue weighted by molar-refractivity contribution is -0.142. The topological polar surface area (TPSA) is 62.7 Å². The van der Waals surface area contributed by atoms with Gasteiger partial charge in [0.15, 0.2) is 0 Å². The molecule has 1 aliphatic heterocycles. The summed E-state index contributed by atoms with van der Waals surface area (Å²) >= 11 is 0. The molecule has 1 fully saturated rings. The molecule has 0 radical (unpaired) electrons. The predicted molar refractivity (Wildman–Crippen MR) is 104 cm³/mol. The van der Waals surface area contributed by atoms with E-state index >= 15 is 0 Å². The van der Waals surface area contributed by atoms with Crippen molar-refractivity contribution in [3.63, 3.8) is 0 Å². The molecular formula is C22H22N2O3. The van der Waals surface area contributed by atoms with Gasteiger partial charge in [0.1, 0.15) is 11.8 Å². The number of rotatable bonds is 5. The van der Waals surface area contributed by atoms with Gasteiger partial charge in [0.2, 0.25) is 0 Å². The standard InChI is InChI=1S/C22H22N2O3/c1-27-16-7-4-6-15(14-16)21(24-13-5-10-20(24)22(25)26)18-11-12-23-19-9-3-2-8-17(18)19/h2-4,6-9,11-12,14,20-21H,5,10,13H2,1H3,(H,25,26). The molecule has 27 heavy (non-hydrogen) atoms. The molecule has 0 aliphatic carbocycles. The van der Waals surface area contributed by atoms with E-state index in [2.05, 4.69) is 16.0 Å². The Labute approximate surface area is 158 Å². The van der Waals surface area contributed by atoms with Gasteiger partial charge in [0.05, 0.1) is 18.7 Å². The molecule has 1 saturated heterocycles. The van der Waals surface area contributed by atoms with Crippen LogP contribution >= 0.6 is 0 Å². The van der Waals surface area contributed by atoms with Crippen molar-refractivity contribution in [3.05, 3.63) is 71.9 Å². The number of pyridine rings is 1. The van der Waals surface area contributed by atoms with Crippen molar-refractivity contribution < 1.29 is 14.6 Å². The molecule has 0 amide bonds. The first-order chi connectivity index (χ1) is 13.2. The Kier molecular flexibility index (Phi) is 4.77. The van der Waals surface area contributed by atoms with E-state index in [0.29, 0.717) is 6.42 Å². The number of likely N-dealkylation sites (tertiary alicyclic amines) is 1. The minimum absolute atomic E-state index is 0.170. The predicted octanol–water partition coefficient (Wildman–Crippen LogP) is 3.88. The number of carboxylic acid groups (broad SMARTS) is 1. The van der Waals surface area contributed by atoms with E-state index in [1.807, 2.05) is 48.5 Å². The number of benzene rings is 2. The second kappa shape index (κ2) is 7.37. The smallest absolute Gasteiger partial charge is 0.320 e. The molecule has 2 atom stereocenters. The van der Waals surface area contributed by atoms with E-state index in [0.717, 1.165) is 40.7 Å². The number of aliphatic carboxylic acids is 1. The lowest BCUT2D eigenvalue weighted by Gasteiger charge is -2.32. The van der Waals surface area contributed by atoms with Crippen molar-refractivity contribution in [2.75, 3.05) is 13.7 Å². The van der Waals surface area contributed by atoms with Gasteiger partial charge in [-0.3, -0.25) is 14.7 Å². The van der Waals surface area contributed by atoms with E-state index < -0.39 is 12.0 Å². The van der Waals surface area contributed by atoms with Gasteiger partial charge >= 0.3 is 5.97 Å². The molecule has 0 bridgehead atoms. The summed E-state index contributed by atoms with van der Waals surface area (Å²) in [6.45, 7) is 0.746. The average Bonchev–Trinajstić information content (AvgIpc) is 3.18. The van der Waals surface area contributed by atoms with Crippen molar-refractivity contribution in [2.45, 2.75) is 24.9 Å². The molecule has 2 aromatic carbocycles. The van der Waals surface area contributed by atoms with Gasteiger partial charge in [0.25, 0.3) is 0 Å². The van der Waals surface area contributed by atoms with Crippen LogP contribution in [-0.4, -0.2) is 40.7 Å². The number of carbonyl (C=O) groups is 1. The van der Waals surface area contributed by atoms with Gasteiger partial charge < -0.3 is 9.84 Å². The molecule has 4 rings (SSSR count). The number of carboxylic acids is 1. The molecule has 1 N–H and O–H groups in total. The quantitative estimate of drug-likeness (QED) is 0.746. The summed E-state index contributed by atoms with van der Waals surface area (Å²) in [5.41, 5.74) is 3.01. The molecular weight excluding hydrogens is 340 g/mol. The SMILES string of the molecule is COc1cccc(C(c2ccnc3ccccc23)N2CCCC2C(=O)O)c1. The highest BCUT2D eigenvalue weighted by molar-refractivity contribution is 5.83. The number of hydrogen-bond donors (Lipinski definition) is 1. The van der Waals surface area contributed by atoms with Crippen LogP contribution in [0.25, 0.3) is 10.9 Å². The zero-order valence-electron chi connectivity index (χ0n) is 15.2. The molecule has 0 spiro atoms. The third kappa shape index (κ3) is 3.26. The zero-order valence-corrected chi connectivity index (χ0v) is 15.2. The molecule has 3 aromatic rings. The fourth-order valence-corrected chi connectivity index (χ4v) is 4.08. The van der Waals surface area contributed by atoms with Crippen molar-refractivity contribution >= 4 is 16.9 Å². The summed E-state index contributed by atoms with van der Waals surface area (Å²) in [4.78, 5) is 18.5. The lowest BCUT2D eigenvalue weighted by Crippen LogP contribution is -2.39. The highest BCUT2D eigenvalue weighted by Crippen LogP contribution is 2.38. The minimum Gasteiger partial charge on any atom is -0.497 e. The molecule has 5 nitrogen and oxygen atoms in total. The van der Waals surface area contributed by atoms with Gasteiger partial charge in [-0.15, -0.1) is 0 Å². The summed E-state index contributed by atoms with van der Waals surface area (Å²) in [5, 5.41) is 10.8. The summed E-state index contributed by atoms with van der Waals surface area (Å²) in [7, 11) is 1.64. The first-order valence-corrected chi connectivity index (χ1v) is 9.15. The highest BCUT2D eigenvalue weighted by atomic mass is 16.5. The fraction of sp³-hybridized carbons (Fsp3) is 0.273. The molecule has 5 heteroatoms. The van der Waals surface area contributed by atoms with Crippen LogP contribution < -0.4 is 4.74 Å². The Morgan fingerprint density at radius 1 is 1.22 bits per heavy atom. The van der Waals surface area contributed by atoms with Crippen LogP contribution in [0.15, 0.2) is 60.8 Å². The van der Waals surface area contributed by atoms with E-state index in [4.69, 9.17) is 4.74 Å². The summed E-state index contributed by atoms with van der Waals surface area (Å²) < 4.78 is 5.42. The zero-order chi connectivity index (χ0) is 18.8. The summed E-state index contributed by atoms with van der Waals surface area (Å²) in [5.74, 6) is 0.000640. The Hall–Kier alpha value is -2.92. The van der Waals surface area contributed by atoms with Gasteiger partial charge in [-0.1, -0.05) is 30.3 Å². The minimum atomic E-state index is -0.765. The van der Waals surface area contributed by atoms with Crippen LogP contribution in [0.2, 0.25) is 0 Å². The van der Waals surface area contributed by atoms with Crippen LogP contribution in [0.4, 0.5) is 0 Å². The first-order valence-electron chi connectivity index (χ1n) is 9.15. The number of fused-ring (bicyclic) bond motifs is 1. The van der Waals surface area contributed by atoms with Gasteiger partial charge in [-0.2, -0.15) is 0 Å². The molecule has 2 unspecified atom stereocenters. The number of para-hydroxylation sites is 1.